The summed E-state index contributed by atoms with van der Waals surface area (Å²) in [7, 11) is 0. The Morgan fingerprint density at radius 3 is 2.19 bits per heavy atom. The number of fused-ring (bicyclic) bond motifs is 10. The summed E-state index contributed by atoms with van der Waals surface area (Å²) in [4.78, 5) is 8.97. The number of para-hydroxylation sites is 2. The molecule has 4 aromatic heterocycles. The van der Waals surface area contributed by atoms with Gasteiger partial charge < -0.3 is 4.42 Å². The minimum absolute atomic E-state index is 0.583. The number of aromatic nitrogens is 3. The van der Waals surface area contributed by atoms with Crippen LogP contribution in [0.25, 0.3) is 82.0 Å². The Kier molecular flexibility index (Phi) is 4.65. The summed E-state index contributed by atoms with van der Waals surface area (Å²) in [5.41, 5.74) is 6.67. The molecule has 6 heteroatoms. The van der Waals surface area contributed by atoms with Crippen LogP contribution in [0, 0.1) is 17.9 Å². The van der Waals surface area contributed by atoms with Gasteiger partial charge >= 0.3 is 0 Å². The van der Waals surface area contributed by atoms with Crippen LogP contribution in [0.5, 0.6) is 0 Å². The average Bonchev–Trinajstić information content (AvgIpc) is 3.72. The van der Waals surface area contributed by atoms with Gasteiger partial charge in [-0.3, -0.25) is 9.13 Å². The first-order valence-corrected chi connectivity index (χ1v) is 13.9. The van der Waals surface area contributed by atoms with Crippen molar-refractivity contribution in [2.45, 2.75) is 0 Å². The maximum atomic E-state index is 9.57. The Hall–Kier alpha value is -6.37. The van der Waals surface area contributed by atoms with E-state index in [0.29, 0.717) is 11.3 Å². The lowest BCUT2D eigenvalue weighted by molar-refractivity contribution is 0.671. The number of hydrogen-bond donors (Lipinski definition) is 0. The second kappa shape index (κ2) is 8.57. The quantitative estimate of drug-likeness (QED) is 0.202. The van der Waals surface area contributed by atoms with E-state index in [0.717, 1.165) is 77.2 Å². The van der Waals surface area contributed by atoms with Gasteiger partial charge in [0.05, 0.1) is 40.3 Å². The Labute approximate surface area is 244 Å². The molecule has 0 spiro atoms. The lowest BCUT2D eigenvalue weighted by Gasteiger charge is -2.11. The number of nitrogens with zero attached hydrogens (tertiary/aromatic N) is 5. The molecule has 0 N–H and O–H groups in total. The SMILES string of the molecule is [C-]#[N+]c1ccc2c(c1)c1ccc3c4ccccc4oc3c1n2-c1cccc(-n2c3ccccc3c3cc(C#N)ccc32)n1. The summed E-state index contributed by atoms with van der Waals surface area (Å²) in [5, 5.41) is 15.7. The standard InChI is InChI=1S/C37H19N5O/c1-39-23-14-18-32-29(20-23)26-15-16-27-25-8-3-5-10-33(25)43-37(27)36(26)42(32)35-12-6-11-34(40-35)41-30-9-4-2-7-24(30)28-19-22(21-38)13-17-31(28)41/h2-20H. The Balaban J connectivity index is 1.39. The average molecular weight is 550 g/mol. The van der Waals surface area contributed by atoms with E-state index in [2.05, 4.69) is 50.4 Å². The zero-order chi connectivity index (χ0) is 28.7. The van der Waals surface area contributed by atoms with Crippen LogP contribution in [-0.4, -0.2) is 14.1 Å². The highest BCUT2D eigenvalue weighted by atomic mass is 16.3. The van der Waals surface area contributed by atoms with Crippen LogP contribution < -0.4 is 0 Å². The number of benzene rings is 5. The van der Waals surface area contributed by atoms with E-state index in [1.807, 2.05) is 84.9 Å². The molecule has 9 aromatic rings. The zero-order valence-electron chi connectivity index (χ0n) is 22.6. The van der Waals surface area contributed by atoms with Crippen LogP contribution in [0.4, 0.5) is 5.69 Å². The minimum Gasteiger partial charge on any atom is -0.454 e. The molecule has 0 aliphatic carbocycles. The van der Waals surface area contributed by atoms with Crippen LogP contribution in [0.2, 0.25) is 0 Å². The van der Waals surface area contributed by atoms with E-state index in [1.165, 1.54) is 0 Å². The molecule has 0 unspecified atom stereocenters. The predicted octanol–water partition coefficient (Wildman–Crippen LogP) is 9.60. The monoisotopic (exact) mass is 549 g/mol. The highest BCUT2D eigenvalue weighted by Crippen LogP contribution is 2.41. The van der Waals surface area contributed by atoms with Crippen LogP contribution in [-0.2, 0) is 0 Å². The summed E-state index contributed by atoms with van der Waals surface area (Å²) in [6, 6.07) is 40.4. The number of furan rings is 1. The highest BCUT2D eigenvalue weighted by Gasteiger charge is 2.21. The molecule has 6 nitrogen and oxygen atoms in total. The summed E-state index contributed by atoms with van der Waals surface area (Å²) in [5.74, 6) is 1.50. The fourth-order valence-electron chi connectivity index (χ4n) is 6.53. The molecule has 4 heterocycles. The van der Waals surface area contributed by atoms with Gasteiger partial charge in [-0.15, -0.1) is 0 Å². The number of pyridine rings is 1. The normalized spacial score (nSPS) is 11.7. The van der Waals surface area contributed by atoms with Gasteiger partial charge in [-0.05, 0) is 66.0 Å². The molecule has 5 aromatic carbocycles. The Morgan fingerprint density at radius 2 is 1.33 bits per heavy atom. The molecule has 0 fully saturated rings. The molecule has 0 aliphatic heterocycles. The molecule has 0 atom stereocenters. The molecular weight excluding hydrogens is 530 g/mol. The van der Waals surface area contributed by atoms with Crippen LogP contribution in [0.15, 0.2) is 120 Å². The van der Waals surface area contributed by atoms with E-state index < -0.39 is 0 Å². The van der Waals surface area contributed by atoms with Crippen molar-refractivity contribution in [2.75, 3.05) is 0 Å². The van der Waals surface area contributed by atoms with Crippen molar-refractivity contribution in [1.82, 2.24) is 14.1 Å². The fraction of sp³-hybridized carbons (Fsp3) is 0. The van der Waals surface area contributed by atoms with Crippen molar-refractivity contribution < 1.29 is 4.42 Å². The van der Waals surface area contributed by atoms with Crippen molar-refractivity contribution in [3.8, 4) is 17.7 Å². The molecule has 0 bridgehead atoms. The Bertz CT molecular complexity index is 2710. The molecule has 0 saturated heterocycles. The highest BCUT2D eigenvalue weighted by molar-refractivity contribution is 6.21. The topological polar surface area (TPSA) is 64.0 Å². The first-order chi connectivity index (χ1) is 21.2. The summed E-state index contributed by atoms with van der Waals surface area (Å²) < 4.78 is 10.8. The molecule has 0 radical (unpaired) electrons. The van der Waals surface area contributed by atoms with E-state index in [9.17, 15) is 5.26 Å². The van der Waals surface area contributed by atoms with Gasteiger partial charge in [-0.25, -0.2) is 9.83 Å². The molecule has 0 saturated carbocycles. The lowest BCUT2D eigenvalue weighted by atomic mass is 10.1. The van der Waals surface area contributed by atoms with Crippen LogP contribution in [0.1, 0.15) is 5.56 Å². The second-order valence-corrected chi connectivity index (χ2v) is 10.6. The minimum atomic E-state index is 0.583. The maximum absolute atomic E-state index is 9.57. The van der Waals surface area contributed by atoms with E-state index in [4.69, 9.17) is 16.0 Å². The van der Waals surface area contributed by atoms with Crippen molar-refractivity contribution in [3.05, 3.63) is 132 Å². The first-order valence-electron chi connectivity index (χ1n) is 13.9. The first kappa shape index (κ1) is 23.3. The molecule has 0 aliphatic rings. The predicted molar refractivity (Wildman–Crippen MR) is 171 cm³/mol. The van der Waals surface area contributed by atoms with Crippen LogP contribution >= 0.6 is 0 Å². The lowest BCUT2D eigenvalue weighted by Crippen LogP contribution is -2.03. The third-order valence-electron chi connectivity index (χ3n) is 8.36. The number of rotatable bonds is 2. The fourth-order valence-corrected chi connectivity index (χ4v) is 6.53. The van der Waals surface area contributed by atoms with Gasteiger partial charge in [0.1, 0.15) is 17.2 Å². The Morgan fingerprint density at radius 1 is 0.628 bits per heavy atom. The van der Waals surface area contributed by atoms with E-state index in [1.54, 1.807) is 0 Å². The van der Waals surface area contributed by atoms with Crippen molar-refractivity contribution in [2.24, 2.45) is 0 Å². The number of hydrogen-bond acceptors (Lipinski definition) is 3. The van der Waals surface area contributed by atoms with Crippen molar-refractivity contribution in [3.63, 3.8) is 0 Å². The van der Waals surface area contributed by atoms with Crippen molar-refractivity contribution >= 4 is 71.2 Å². The number of nitriles is 1. The summed E-state index contributed by atoms with van der Waals surface area (Å²) in [6.07, 6.45) is 0. The zero-order valence-corrected chi connectivity index (χ0v) is 22.6. The molecular formula is C37H19N5O. The van der Waals surface area contributed by atoms with Crippen molar-refractivity contribution in [1.29, 1.82) is 5.26 Å². The maximum Gasteiger partial charge on any atom is 0.188 e. The van der Waals surface area contributed by atoms with Gasteiger partial charge in [-0.2, -0.15) is 5.26 Å². The molecule has 43 heavy (non-hydrogen) atoms. The second-order valence-electron chi connectivity index (χ2n) is 10.6. The van der Waals surface area contributed by atoms with Gasteiger partial charge in [0.25, 0.3) is 0 Å². The largest absolute Gasteiger partial charge is 0.454 e. The third kappa shape index (κ3) is 3.18. The third-order valence-corrected chi connectivity index (χ3v) is 8.36. The molecule has 198 valence electrons. The molecule has 0 amide bonds. The van der Waals surface area contributed by atoms with Gasteiger partial charge in [0.15, 0.2) is 11.3 Å². The van der Waals surface area contributed by atoms with Gasteiger partial charge in [-0.1, -0.05) is 54.6 Å². The molecule has 9 rings (SSSR count). The van der Waals surface area contributed by atoms with Gasteiger partial charge in [0.2, 0.25) is 0 Å². The van der Waals surface area contributed by atoms with Crippen LogP contribution in [0.3, 0.4) is 0 Å². The summed E-state index contributed by atoms with van der Waals surface area (Å²) >= 11 is 0. The summed E-state index contributed by atoms with van der Waals surface area (Å²) in [6.45, 7) is 7.63. The van der Waals surface area contributed by atoms with E-state index in [-0.39, 0.29) is 0 Å². The van der Waals surface area contributed by atoms with Gasteiger partial charge in [0, 0.05) is 26.9 Å². The van der Waals surface area contributed by atoms with E-state index >= 15 is 0 Å². The smallest absolute Gasteiger partial charge is 0.188 e.